The molecule has 0 fully saturated rings. The highest BCUT2D eigenvalue weighted by atomic mass is 19.1. The van der Waals surface area contributed by atoms with Gasteiger partial charge in [-0.3, -0.25) is 9.59 Å². The predicted octanol–water partition coefficient (Wildman–Crippen LogP) is 4.27. The number of fused-ring (bicyclic) bond motifs is 1. The summed E-state index contributed by atoms with van der Waals surface area (Å²) >= 11 is 0. The fraction of sp³-hybridized carbons (Fsp3) is 0.348. The smallest absolute Gasteiger partial charge is 0.339 e. The zero-order valence-electron chi connectivity index (χ0n) is 18.6. The molecular formula is C23H25FN4O4. The minimum absolute atomic E-state index is 0.0382. The van der Waals surface area contributed by atoms with E-state index in [1.54, 1.807) is 16.9 Å². The molecule has 0 aliphatic carbocycles. The topological polar surface area (TPSA) is 103 Å². The largest absolute Gasteiger partial charge is 0.454 e. The van der Waals surface area contributed by atoms with Crippen LogP contribution in [-0.4, -0.2) is 39.0 Å². The van der Waals surface area contributed by atoms with E-state index in [2.05, 4.69) is 15.4 Å². The van der Waals surface area contributed by atoms with Crippen LogP contribution in [-0.2, 0) is 9.53 Å². The lowest BCUT2D eigenvalue weighted by Crippen LogP contribution is -2.16. The Morgan fingerprint density at radius 2 is 1.84 bits per heavy atom. The average Bonchev–Trinajstić information content (AvgIpc) is 3.15. The Kier molecular flexibility index (Phi) is 6.67. The first kappa shape index (κ1) is 23.1. The Labute approximate surface area is 184 Å². The number of hydrogen-bond acceptors (Lipinski definition) is 6. The maximum absolute atomic E-state index is 14.3. The number of benzene rings is 1. The molecule has 1 amide bonds. The van der Waals surface area contributed by atoms with Gasteiger partial charge in [0.1, 0.15) is 5.82 Å². The summed E-state index contributed by atoms with van der Waals surface area (Å²) in [7, 11) is 0. The number of ketones is 1. The molecule has 9 heteroatoms. The predicted molar refractivity (Wildman–Crippen MR) is 117 cm³/mol. The zero-order chi connectivity index (χ0) is 23.6. The number of pyridine rings is 1. The van der Waals surface area contributed by atoms with Crippen molar-refractivity contribution in [3.63, 3.8) is 0 Å². The summed E-state index contributed by atoms with van der Waals surface area (Å²) in [5.41, 5.74) is 1.50. The van der Waals surface area contributed by atoms with Crippen LogP contribution in [0.3, 0.4) is 0 Å². The lowest BCUT2D eigenvalue weighted by Gasteiger charge is -2.12. The van der Waals surface area contributed by atoms with Crippen molar-refractivity contribution in [1.29, 1.82) is 0 Å². The third-order valence-electron chi connectivity index (χ3n) is 4.81. The first-order chi connectivity index (χ1) is 15.1. The average molecular weight is 440 g/mol. The Balaban J connectivity index is 1.83. The van der Waals surface area contributed by atoms with Gasteiger partial charge in [-0.25, -0.2) is 18.9 Å². The quantitative estimate of drug-likeness (QED) is 0.435. The van der Waals surface area contributed by atoms with Crippen LogP contribution in [0.2, 0.25) is 0 Å². The third kappa shape index (κ3) is 4.82. The molecule has 0 saturated heterocycles. The Morgan fingerprint density at radius 1 is 1.12 bits per heavy atom. The van der Waals surface area contributed by atoms with Gasteiger partial charge in [0.15, 0.2) is 12.3 Å². The van der Waals surface area contributed by atoms with Crippen molar-refractivity contribution in [2.75, 3.05) is 11.9 Å². The number of Topliss-reactive ketones (excluding diaryl/α,β-unsaturated/α-hetero) is 1. The number of amides is 1. The molecule has 2 heterocycles. The first-order valence-corrected chi connectivity index (χ1v) is 10.2. The van der Waals surface area contributed by atoms with Crippen LogP contribution >= 0.6 is 0 Å². The summed E-state index contributed by atoms with van der Waals surface area (Å²) in [5, 5.41) is 7.28. The molecule has 3 aromatic rings. The summed E-state index contributed by atoms with van der Waals surface area (Å²) in [6.45, 7) is 8.49. The molecule has 0 atom stereocenters. The highest BCUT2D eigenvalue weighted by molar-refractivity contribution is 6.05. The number of esters is 1. The minimum Gasteiger partial charge on any atom is -0.454 e. The van der Waals surface area contributed by atoms with E-state index in [0.717, 1.165) is 6.07 Å². The van der Waals surface area contributed by atoms with Crippen molar-refractivity contribution in [1.82, 2.24) is 14.8 Å². The molecule has 168 valence electrons. The zero-order valence-corrected chi connectivity index (χ0v) is 18.6. The van der Waals surface area contributed by atoms with Gasteiger partial charge in [0.05, 0.1) is 22.7 Å². The normalized spacial score (nSPS) is 11.2. The van der Waals surface area contributed by atoms with E-state index >= 15 is 0 Å². The number of halogens is 1. The number of nitrogens with zero attached hydrogens (tertiary/aromatic N) is 3. The number of carbonyl (C=O) groups excluding carboxylic acids is 3. The molecule has 0 bridgehead atoms. The van der Waals surface area contributed by atoms with Crippen molar-refractivity contribution in [2.24, 2.45) is 0 Å². The van der Waals surface area contributed by atoms with Crippen LogP contribution in [0.4, 0.5) is 10.1 Å². The van der Waals surface area contributed by atoms with Crippen LogP contribution in [0.25, 0.3) is 11.0 Å². The van der Waals surface area contributed by atoms with Crippen LogP contribution in [0.15, 0.2) is 30.5 Å². The number of anilines is 1. The summed E-state index contributed by atoms with van der Waals surface area (Å²) in [4.78, 5) is 41.0. The molecule has 1 N–H and O–H groups in total. The van der Waals surface area contributed by atoms with Gasteiger partial charge in [-0.1, -0.05) is 13.8 Å². The van der Waals surface area contributed by atoms with E-state index in [1.165, 1.54) is 19.1 Å². The molecule has 1 aromatic carbocycles. The van der Waals surface area contributed by atoms with Crippen molar-refractivity contribution in [3.05, 3.63) is 53.1 Å². The number of rotatable bonds is 7. The number of ether oxygens (including phenoxy) is 1. The second kappa shape index (κ2) is 9.25. The number of aromatic nitrogens is 3. The summed E-state index contributed by atoms with van der Waals surface area (Å²) in [6, 6.07) is 5.36. The third-order valence-corrected chi connectivity index (χ3v) is 4.81. The van der Waals surface area contributed by atoms with Gasteiger partial charge in [0, 0.05) is 24.3 Å². The molecule has 0 aliphatic rings. The van der Waals surface area contributed by atoms with Gasteiger partial charge in [-0.05, 0) is 44.0 Å². The number of hydrogen-bond donors (Lipinski definition) is 1. The molecule has 3 rings (SSSR count). The number of nitrogens with one attached hydrogen (secondary N) is 1. The standard InChI is InChI=1S/C23H25FN4O4/c1-12(2)20-9-17(18-10-25-28(13(3)4)22(18)27-20)23(31)32-11-21(30)16-7-6-15(8-19(16)24)26-14(5)29/h6-10,12-13H,11H2,1-5H3,(H,26,29). The second-order valence-corrected chi connectivity index (χ2v) is 8.04. The molecule has 2 aromatic heterocycles. The molecule has 8 nitrogen and oxygen atoms in total. The van der Waals surface area contributed by atoms with Crippen LogP contribution < -0.4 is 5.32 Å². The van der Waals surface area contributed by atoms with Gasteiger partial charge < -0.3 is 10.1 Å². The SMILES string of the molecule is CC(=O)Nc1ccc(C(=O)COC(=O)c2cc(C(C)C)nc3c2cnn3C(C)C)c(F)c1. The van der Waals surface area contributed by atoms with Gasteiger partial charge in [-0.15, -0.1) is 0 Å². The van der Waals surface area contributed by atoms with Crippen LogP contribution in [0.1, 0.15) is 73.0 Å². The van der Waals surface area contributed by atoms with E-state index in [-0.39, 0.29) is 34.7 Å². The monoisotopic (exact) mass is 440 g/mol. The molecule has 32 heavy (non-hydrogen) atoms. The Bertz CT molecular complexity index is 1200. The van der Waals surface area contributed by atoms with E-state index in [0.29, 0.717) is 16.7 Å². The number of carbonyl (C=O) groups is 3. The lowest BCUT2D eigenvalue weighted by molar-refractivity contribution is -0.114. The summed E-state index contributed by atoms with van der Waals surface area (Å²) in [5.74, 6) is -2.53. The summed E-state index contributed by atoms with van der Waals surface area (Å²) < 4.78 is 21.2. The van der Waals surface area contributed by atoms with Crippen molar-refractivity contribution in [2.45, 2.75) is 46.6 Å². The van der Waals surface area contributed by atoms with Crippen molar-refractivity contribution >= 4 is 34.4 Å². The van der Waals surface area contributed by atoms with Gasteiger partial charge >= 0.3 is 5.97 Å². The Morgan fingerprint density at radius 3 is 2.44 bits per heavy atom. The fourth-order valence-corrected chi connectivity index (χ4v) is 3.19. The van der Waals surface area contributed by atoms with Crippen LogP contribution in [0, 0.1) is 5.82 Å². The van der Waals surface area contributed by atoms with E-state index in [9.17, 15) is 18.8 Å². The van der Waals surface area contributed by atoms with Crippen molar-refractivity contribution in [3.8, 4) is 0 Å². The van der Waals surface area contributed by atoms with Crippen LogP contribution in [0.5, 0.6) is 0 Å². The fourth-order valence-electron chi connectivity index (χ4n) is 3.19. The molecule has 0 spiro atoms. The van der Waals surface area contributed by atoms with E-state index in [1.807, 2.05) is 27.7 Å². The molecular weight excluding hydrogens is 415 g/mol. The molecule has 0 radical (unpaired) electrons. The van der Waals surface area contributed by atoms with Gasteiger partial charge in [-0.2, -0.15) is 5.10 Å². The van der Waals surface area contributed by atoms with Gasteiger partial charge in [0.2, 0.25) is 11.7 Å². The second-order valence-electron chi connectivity index (χ2n) is 8.04. The van der Waals surface area contributed by atoms with E-state index in [4.69, 9.17) is 4.74 Å². The highest BCUT2D eigenvalue weighted by Gasteiger charge is 2.21. The first-order valence-electron chi connectivity index (χ1n) is 10.2. The summed E-state index contributed by atoms with van der Waals surface area (Å²) in [6.07, 6.45) is 1.55. The van der Waals surface area contributed by atoms with E-state index < -0.39 is 24.2 Å². The molecule has 0 saturated carbocycles. The van der Waals surface area contributed by atoms with Gasteiger partial charge in [0.25, 0.3) is 0 Å². The Hall–Kier alpha value is -3.62. The molecule has 0 aliphatic heterocycles. The minimum atomic E-state index is -0.816. The maximum Gasteiger partial charge on any atom is 0.339 e. The lowest BCUT2D eigenvalue weighted by atomic mass is 10.1. The highest BCUT2D eigenvalue weighted by Crippen LogP contribution is 2.25. The molecule has 0 unspecified atom stereocenters. The maximum atomic E-state index is 14.3. The van der Waals surface area contributed by atoms with Crippen molar-refractivity contribution < 1.29 is 23.5 Å².